The molecule has 0 aromatic heterocycles. The summed E-state index contributed by atoms with van der Waals surface area (Å²) >= 11 is 0. The molecule has 0 saturated carbocycles. The average Bonchev–Trinajstić information content (AvgIpc) is 1.84. The van der Waals surface area contributed by atoms with E-state index in [9.17, 15) is 4.79 Å². The Morgan fingerprint density at radius 2 is 2.22 bits per heavy atom. The second-order valence-corrected chi connectivity index (χ2v) is 2.09. The van der Waals surface area contributed by atoms with Gasteiger partial charge in [0, 0.05) is 5.92 Å². The molecule has 0 bridgehead atoms. The molecular weight excluding hydrogens is 116 g/mol. The van der Waals surface area contributed by atoms with Crippen molar-refractivity contribution in [1.82, 2.24) is 0 Å². The third kappa shape index (κ3) is 2.26. The highest BCUT2D eigenvalue weighted by molar-refractivity contribution is 6.37. The molecule has 1 unspecified atom stereocenters. The molecule has 0 aliphatic carbocycles. The van der Waals surface area contributed by atoms with Gasteiger partial charge < -0.3 is 5.73 Å². The lowest BCUT2D eigenvalue weighted by atomic mass is 10.0. The summed E-state index contributed by atoms with van der Waals surface area (Å²) in [5.74, 6) is -0.605. The van der Waals surface area contributed by atoms with Crippen LogP contribution in [0.2, 0.25) is 0 Å². The van der Waals surface area contributed by atoms with Gasteiger partial charge in [-0.3, -0.25) is 10.2 Å². The summed E-state index contributed by atoms with van der Waals surface area (Å²) in [6.45, 7) is 3.73. The van der Waals surface area contributed by atoms with Gasteiger partial charge in [-0.2, -0.15) is 0 Å². The number of carbonyl (C=O) groups excluding carboxylic acids is 1. The minimum atomic E-state index is -0.607. The maximum atomic E-state index is 10.3. The quantitative estimate of drug-likeness (QED) is 0.535. The minimum absolute atomic E-state index is 0.00231. The normalized spacial score (nSPS) is 12.7. The van der Waals surface area contributed by atoms with Crippen molar-refractivity contribution in [3.05, 3.63) is 0 Å². The zero-order valence-electron chi connectivity index (χ0n) is 5.77. The van der Waals surface area contributed by atoms with Gasteiger partial charge in [0.2, 0.25) is 0 Å². The van der Waals surface area contributed by atoms with Crippen LogP contribution in [0.3, 0.4) is 0 Å². The average molecular weight is 128 g/mol. The Kier molecular flexibility index (Phi) is 2.91. The molecule has 0 heterocycles. The zero-order valence-corrected chi connectivity index (χ0v) is 5.77. The van der Waals surface area contributed by atoms with Crippen LogP contribution in [0.4, 0.5) is 0 Å². The Bertz CT molecular complexity index is 131. The van der Waals surface area contributed by atoms with E-state index in [1.54, 1.807) is 0 Å². The molecule has 52 valence electrons. The van der Waals surface area contributed by atoms with Crippen LogP contribution in [0, 0.1) is 11.3 Å². The number of nitrogens with two attached hydrogens (primary N) is 1. The lowest BCUT2D eigenvalue weighted by molar-refractivity contribution is -0.112. The van der Waals surface area contributed by atoms with Crippen molar-refractivity contribution in [2.24, 2.45) is 11.7 Å². The first-order valence-electron chi connectivity index (χ1n) is 2.97. The molecule has 9 heavy (non-hydrogen) atoms. The molecule has 0 aromatic carbocycles. The van der Waals surface area contributed by atoms with Gasteiger partial charge in [0.1, 0.15) is 0 Å². The maximum Gasteiger partial charge on any atom is 0.262 e. The minimum Gasteiger partial charge on any atom is -0.365 e. The van der Waals surface area contributed by atoms with Crippen molar-refractivity contribution in [1.29, 1.82) is 5.41 Å². The molecule has 0 fully saturated rings. The fraction of sp³-hybridized carbons (Fsp3) is 0.667. The maximum absolute atomic E-state index is 10.3. The molecule has 0 aromatic rings. The molecule has 0 aliphatic heterocycles. The first-order valence-corrected chi connectivity index (χ1v) is 2.97. The fourth-order valence-corrected chi connectivity index (χ4v) is 0.447. The Hall–Kier alpha value is -0.860. The lowest BCUT2D eigenvalue weighted by Gasteiger charge is -2.04. The Morgan fingerprint density at radius 1 is 1.78 bits per heavy atom. The first-order chi connectivity index (χ1) is 4.09. The van der Waals surface area contributed by atoms with Gasteiger partial charge in [-0.1, -0.05) is 13.8 Å². The lowest BCUT2D eigenvalue weighted by Crippen LogP contribution is -2.27. The number of carbonyl (C=O) groups is 1. The Balaban J connectivity index is 3.88. The van der Waals surface area contributed by atoms with E-state index in [1.807, 2.05) is 13.8 Å². The molecule has 3 heteroatoms. The van der Waals surface area contributed by atoms with Gasteiger partial charge in [0.05, 0.1) is 5.71 Å². The monoisotopic (exact) mass is 128 g/mol. The Morgan fingerprint density at radius 3 is 2.33 bits per heavy atom. The third-order valence-corrected chi connectivity index (χ3v) is 1.37. The molecule has 1 amide bonds. The predicted octanol–water partition coefficient (Wildman–Crippen LogP) is 0.538. The van der Waals surface area contributed by atoms with Crippen LogP contribution in [-0.4, -0.2) is 11.6 Å². The molecule has 0 rings (SSSR count). The standard InChI is InChI=1S/C6H12N2O/c1-3-4(2)5(7)6(8)9/h4,7H,3H2,1-2H3,(H2,8,9). The van der Waals surface area contributed by atoms with Crippen LogP contribution in [0.5, 0.6) is 0 Å². The van der Waals surface area contributed by atoms with Gasteiger partial charge in [-0.25, -0.2) is 0 Å². The largest absolute Gasteiger partial charge is 0.365 e. The van der Waals surface area contributed by atoms with E-state index < -0.39 is 5.91 Å². The second-order valence-electron chi connectivity index (χ2n) is 2.09. The highest BCUT2D eigenvalue weighted by atomic mass is 16.1. The number of amides is 1. The summed E-state index contributed by atoms with van der Waals surface area (Å²) in [5.41, 5.74) is 4.87. The summed E-state index contributed by atoms with van der Waals surface area (Å²) in [4.78, 5) is 10.3. The van der Waals surface area contributed by atoms with Crippen LogP contribution in [0.1, 0.15) is 20.3 Å². The first kappa shape index (κ1) is 8.14. The van der Waals surface area contributed by atoms with E-state index in [0.717, 1.165) is 6.42 Å². The summed E-state index contributed by atoms with van der Waals surface area (Å²) in [7, 11) is 0. The van der Waals surface area contributed by atoms with E-state index >= 15 is 0 Å². The van der Waals surface area contributed by atoms with Crippen molar-refractivity contribution in [3.63, 3.8) is 0 Å². The number of hydrogen-bond acceptors (Lipinski definition) is 2. The van der Waals surface area contributed by atoms with E-state index in [0.29, 0.717) is 0 Å². The van der Waals surface area contributed by atoms with Crippen molar-refractivity contribution in [2.45, 2.75) is 20.3 Å². The van der Waals surface area contributed by atoms with Crippen LogP contribution in [0.15, 0.2) is 0 Å². The topological polar surface area (TPSA) is 66.9 Å². The van der Waals surface area contributed by atoms with E-state index in [4.69, 9.17) is 11.1 Å². The highest BCUT2D eigenvalue weighted by Crippen LogP contribution is 2.00. The van der Waals surface area contributed by atoms with Crippen molar-refractivity contribution in [2.75, 3.05) is 0 Å². The Labute approximate surface area is 54.8 Å². The number of primary amides is 1. The molecule has 1 atom stereocenters. The fourth-order valence-electron chi connectivity index (χ4n) is 0.447. The molecule has 0 spiro atoms. The van der Waals surface area contributed by atoms with Crippen LogP contribution in [0.25, 0.3) is 0 Å². The van der Waals surface area contributed by atoms with Gasteiger partial charge in [0.15, 0.2) is 0 Å². The van der Waals surface area contributed by atoms with Gasteiger partial charge in [-0.15, -0.1) is 0 Å². The van der Waals surface area contributed by atoms with E-state index in [-0.39, 0.29) is 11.6 Å². The number of hydrogen-bond donors (Lipinski definition) is 2. The van der Waals surface area contributed by atoms with Crippen LogP contribution < -0.4 is 5.73 Å². The van der Waals surface area contributed by atoms with Crippen LogP contribution in [-0.2, 0) is 4.79 Å². The molecule has 0 aliphatic rings. The second kappa shape index (κ2) is 3.22. The summed E-state index contributed by atoms with van der Waals surface area (Å²) in [6.07, 6.45) is 0.793. The third-order valence-electron chi connectivity index (χ3n) is 1.37. The summed E-state index contributed by atoms with van der Waals surface area (Å²) in [5, 5.41) is 7.07. The molecule has 3 nitrogen and oxygen atoms in total. The molecule has 0 radical (unpaired) electrons. The zero-order chi connectivity index (χ0) is 7.44. The van der Waals surface area contributed by atoms with Crippen molar-refractivity contribution >= 4 is 11.6 Å². The van der Waals surface area contributed by atoms with Crippen molar-refractivity contribution < 1.29 is 4.79 Å². The molecule has 0 saturated heterocycles. The smallest absolute Gasteiger partial charge is 0.262 e. The highest BCUT2D eigenvalue weighted by Gasteiger charge is 2.10. The SMILES string of the molecule is CCC(C)C(=N)C(N)=O. The predicted molar refractivity (Wildman–Crippen MR) is 36.4 cm³/mol. The summed E-state index contributed by atoms with van der Waals surface area (Å²) in [6, 6.07) is 0. The number of nitrogens with one attached hydrogen (secondary N) is 1. The van der Waals surface area contributed by atoms with Crippen molar-refractivity contribution in [3.8, 4) is 0 Å². The van der Waals surface area contributed by atoms with Gasteiger partial charge in [-0.05, 0) is 6.42 Å². The van der Waals surface area contributed by atoms with E-state index in [1.165, 1.54) is 0 Å². The van der Waals surface area contributed by atoms with Crippen LogP contribution >= 0.6 is 0 Å². The van der Waals surface area contributed by atoms with Gasteiger partial charge >= 0.3 is 0 Å². The molecule has 3 N–H and O–H groups in total. The van der Waals surface area contributed by atoms with Gasteiger partial charge in [0.25, 0.3) is 5.91 Å². The summed E-state index contributed by atoms with van der Waals surface area (Å²) < 4.78 is 0. The number of rotatable bonds is 3. The molecular formula is C6H12N2O. The van der Waals surface area contributed by atoms with E-state index in [2.05, 4.69) is 0 Å².